The Labute approximate surface area is 160 Å². The van der Waals surface area contributed by atoms with Gasteiger partial charge in [0, 0.05) is 37.6 Å². The van der Waals surface area contributed by atoms with Gasteiger partial charge in [0.15, 0.2) is 0 Å². The molecule has 0 amide bonds. The highest BCUT2D eigenvalue weighted by Gasteiger charge is 2.22. The first-order chi connectivity index (χ1) is 12.5. The van der Waals surface area contributed by atoms with Crippen molar-refractivity contribution in [1.29, 1.82) is 0 Å². The van der Waals surface area contributed by atoms with Gasteiger partial charge in [-0.15, -0.1) is 0 Å². The van der Waals surface area contributed by atoms with Crippen LogP contribution in [0.3, 0.4) is 0 Å². The van der Waals surface area contributed by atoms with E-state index in [1.54, 1.807) is 0 Å². The molecule has 140 valence electrons. The average Bonchev–Trinajstić information content (AvgIpc) is 2.61. The van der Waals surface area contributed by atoms with Crippen LogP contribution >= 0.6 is 0 Å². The number of aryl methyl sites for hydroxylation is 2. The molecular formula is C22H30N2OS. The summed E-state index contributed by atoms with van der Waals surface area (Å²) >= 11 is 0. The minimum absolute atomic E-state index is 0.700. The molecular weight excluding hydrogens is 340 g/mol. The predicted molar refractivity (Wildman–Crippen MR) is 111 cm³/mol. The van der Waals surface area contributed by atoms with Crippen molar-refractivity contribution in [3.63, 3.8) is 0 Å². The minimum atomic E-state index is -1.15. The maximum atomic E-state index is 13.3. The first kappa shape index (κ1) is 19.1. The van der Waals surface area contributed by atoms with Crippen LogP contribution in [0.1, 0.15) is 25.0 Å². The highest BCUT2D eigenvalue weighted by molar-refractivity contribution is 7.85. The van der Waals surface area contributed by atoms with Gasteiger partial charge < -0.3 is 4.90 Å². The Morgan fingerprint density at radius 3 is 2.31 bits per heavy atom. The summed E-state index contributed by atoms with van der Waals surface area (Å²) in [6.07, 6.45) is 0. The predicted octanol–water partition coefficient (Wildman–Crippen LogP) is 4.25. The molecule has 0 saturated carbocycles. The lowest BCUT2D eigenvalue weighted by molar-refractivity contribution is 0.231. The standard InChI is InChI=1S/C22H30N2OS/c1-17(2)16-23-11-13-24(14-12-23)20-7-5-6-8-22(20)26(25)21-10-9-18(3)15-19(21)4/h5-10,15,17H,11-14,16H2,1-4H3. The van der Waals surface area contributed by atoms with Gasteiger partial charge in [0.25, 0.3) is 0 Å². The molecule has 3 rings (SSSR count). The lowest BCUT2D eigenvalue weighted by Crippen LogP contribution is -2.47. The lowest BCUT2D eigenvalue weighted by atomic mass is 10.2. The van der Waals surface area contributed by atoms with Gasteiger partial charge in [-0.2, -0.15) is 0 Å². The highest BCUT2D eigenvalue weighted by Crippen LogP contribution is 2.29. The molecule has 1 saturated heterocycles. The highest BCUT2D eigenvalue weighted by atomic mass is 32.2. The van der Waals surface area contributed by atoms with Crippen LogP contribution in [-0.2, 0) is 10.8 Å². The molecule has 2 aromatic carbocycles. The average molecular weight is 371 g/mol. The number of nitrogens with zero attached hydrogens (tertiary/aromatic N) is 2. The third-order valence-electron chi connectivity index (χ3n) is 4.93. The SMILES string of the molecule is Cc1ccc(S(=O)c2ccccc2N2CCN(CC(C)C)CC2)c(C)c1. The summed E-state index contributed by atoms with van der Waals surface area (Å²) in [5.41, 5.74) is 3.42. The smallest absolute Gasteiger partial charge is 0.0873 e. The zero-order valence-electron chi connectivity index (χ0n) is 16.4. The first-order valence-corrected chi connectivity index (χ1v) is 10.7. The Bertz CT molecular complexity index is 779. The van der Waals surface area contributed by atoms with Crippen LogP contribution in [-0.4, -0.2) is 41.8 Å². The van der Waals surface area contributed by atoms with E-state index >= 15 is 0 Å². The summed E-state index contributed by atoms with van der Waals surface area (Å²) < 4.78 is 13.3. The van der Waals surface area contributed by atoms with Crippen LogP contribution in [0.2, 0.25) is 0 Å². The Kier molecular flexibility index (Phi) is 6.15. The van der Waals surface area contributed by atoms with E-state index in [-0.39, 0.29) is 0 Å². The molecule has 1 unspecified atom stereocenters. The molecule has 0 aromatic heterocycles. The zero-order valence-corrected chi connectivity index (χ0v) is 17.2. The van der Waals surface area contributed by atoms with Crippen molar-refractivity contribution in [2.24, 2.45) is 5.92 Å². The van der Waals surface area contributed by atoms with Crippen LogP contribution in [0.4, 0.5) is 5.69 Å². The first-order valence-electron chi connectivity index (χ1n) is 9.51. The Balaban J connectivity index is 1.82. The van der Waals surface area contributed by atoms with Gasteiger partial charge >= 0.3 is 0 Å². The largest absolute Gasteiger partial charge is 0.368 e. The van der Waals surface area contributed by atoms with E-state index in [0.717, 1.165) is 53.8 Å². The van der Waals surface area contributed by atoms with E-state index in [2.05, 4.69) is 48.8 Å². The Hall–Kier alpha value is -1.65. The second-order valence-corrected chi connectivity index (χ2v) is 9.10. The van der Waals surface area contributed by atoms with E-state index < -0.39 is 10.8 Å². The molecule has 0 radical (unpaired) electrons. The molecule has 0 aliphatic carbocycles. The normalized spacial score (nSPS) is 16.9. The Morgan fingerprint density at radius 1 is 0.962 bits per heavy atom. The fraction of sp³-hybridized carbons (Fsp3) is 0.455. The van der Waals surface area contributed by atoms with Crippen molar-refractivity contribution in [3.8, 4) is 0 Å². The van der Waals surface area contributed by atoms with Gasteiger partial charge in [0.2, 0.25) is 0 Å². The molecule has 0 bridgehead atoms. The van der Waals surface area contributed by atoms with Crippen LogP contribution in [0.25, 0.3) is 0 Å². The summed E-state index contributed by atoms with van der Waals surface area (Å²) in [6, 6.07) is 14.4. The quantitative estimate of drug-likeness (QED) is 0.786. The van der Waals surface area contributed by atoms with Crippen molar-refractivity contribution in [2.45, 2.75) is 37.5 Å². The molecule has 1 aliphatic rings. The minimum Gasteiger partial charge on any atom is -0.368 e. The van der Waals surface area contributed by atoms with Gasteiger partial charge in [-0.05, 0) is 43.5 Å². The summed E-state index contributed by atoms with van der Waals surface area (Å²) in [5, 5.41) is 0. The maximum absolute atomic E-state index is 13.3. The number of hydrogen-bond donors (Lipinski definition) is 0. The zero-order chi connectivity index (χ0) is 18.7. The van der Waals surface area contributed by atoms with E-state index in [4.69, 9.17) is 0 Å². The number of para-hydroxylation sites is 1. The maximum Gasteiger partial charge on any atom is 0.0873 e. The number of piperazine rings is 1. The van der Waals surface area contributed by atoms with Crippen molar-refractivity contribution in [1.82, 2.24) is 4.90 Å². The van der Waals surface area contributed by atoms with Gasteiger partial charge in [-0.1, -0.05) is 43.7 Å². The molecule has 1 heterocycles. The molecule has 0 spiro atoms. The molecule has 4 heteroatoms. The summed E-state index contributed by atoms with van der Waals surface area (Å²) in [7, 11) is -1.15. The molecule has 1 fully saturated rings. The van der Waals surface area contributed by atoms with Crippen LogP contribution < -0.4 is 4.90 Å². The molecule has 0 N–H and O–H groups in total. The monoisotopic (exact) mass is 370 g/mol. The fourth-order valence-electron chi connectivity index (χ4n) is 3.69. The van der Waals surface area contributed by atoms with Gasteiger partial charge in [0.1, 0.15) is 0 Å². The van der Waals surface area contributed by atoms with Crippen LogP contribution in [0, 0.1) is 19.8 Å². The van der Waals surface area contributed by atoms with Gasteiger partial charge in [0.05, 0.1) is 21.4 Å². The number of rotatable bonds is 5. The molecule has 3 nitrogen and oxygen atoms in total. The third kappa shape index (κ3) is 4.36. The van der Waals surface area contributed by atoms with Crippen molar-refractivity contribution >= 4 is 16.5 Å². The summed E-state index contributed by atoms with van der Waals surface area (Å²) in [4.78, 5) is 6.77. The van der Waals surface area contributed by atoms with Crippen LogP contribution in [0.5, 0.6) is 0 Å². The number of hydrogen-bond acceptors (Lipinski definition) is 3. The van der Waals surface area contributed by atoms with Gasteiger partial charge in [-0.3, -0.25) is 4.90 Å². The number of anilines is 1. The molecule has 2 aromatic rings. The van der Waals surface area contributed by atoms with Gasteiger partial charge in [-0.25, -0.2) is 4.21 Å². The fourth-order valence-corrected chi connectivity index (χ4v) is 5.06. The van der Waals surface area contributed by atoms with Crippen molar-refractivity contribution in [2.75, 3.05) is 37.6 Å². The van der Waals surface area contributed by atoms with E-state index in [0.29, 0.717) is 5.92 Å². The summed E-state index contributed by atoms with van der Waals surface area (Å²) in [6.45, 7) is 14.0. The Morgan fingerprint density at radius 2 is 1.65 bits per heavy atom. The second kappa shape index (κ2) is 8.36. The lowest BCUT2D eigenvalue weighted by Gasteiger charge is -2.37. The summed E-state index contributed by atoms with van der Waals surface area (Å²) in [5.74, 6) is 0.700. The molecule has 1 aliphatic heterocycles. The number of benzene rings is 2. The van der Waals surface area contributed by atoms with E-state index in [9.17, 15) is 4.21 Å². The molecule has 26 heavy (non-hydrogen) atoms. The van der Waals surface area contributed by atoms with E-state index in [1.165, 1.54) is 5.56 Å². The molecule has 1 atom stereocenters. The second-order valence-electron chi connectivity index (χ2n) is 7.69. The van der Waals surface area contributed by atoms with Crippen LogP contribution in [0.15, 0.2) is 52.3 Å². The van der Waals surface area contributed by atoms with Crippen molar-refractivity contribution in [3.05, 3.63) is 53.6 Å². The van der Waals surface area contributed by atoms with E-state index in [1.807, 2.05) is 31.2 Å². The van der Waals surface area contributed by atoms with Crippen molar-refractivity contribution < 1.29 is 4.21 Å². The topological polar surface area (TPSA) is 23.6 Å². The third-order valence-corrected chi connectivity index (χ3v) is 6.53.